The van der Waals surface area contributed by atoms with Crippen LogP contribution in [0.3, 0.4) is 0 Å². The smallest absolute Gasteiger partial charge is 0.266 e. The number of carbonyl (C=O) groups excluding carboxylic acids is 1. The Kier molecular flexibility index (Phi) is 6.46. The van der Waals surface area contributed by atoms with Gasteiger partial charge in [-0.2, -0.15) is 0 Å². The average molecular weight is 470 g/mol. The van der Waals surface area contributed by atoms with Gasteiger partial charge in [0.25, 0.3) is 5.56 Å². The number of rotatable bonds is 6. The third-order valence-electron chi connectivity index (χ3n) is 4.90. The molecule has 4 rings (SSSR count). The summed E-state index contributed by atoms with van der Waals surface area (Å²) >= 11 is 9.15. The van der Waals surface area contributed by atoms with E-state index in [1.165, 1.54) is 11.8 Å². The highest BCUT2D eigenvalue weighted by Gasteiger charge is 2.18. The van der Waals surface area contributed by atoms with Gasteiger partial charge in [-0.3, -0.25) is 14.2 Å². The van der Waals surface area contributed by atoms with E-state index in [1.807, 2.05) is 49.6 Å². The van der Waals surface area contributed by atoms with Crippen molar-refractivity contribution in [1.29, 1.82) is 0 Å². The summed E-state index contributed by atoms with van der Waals surface area (Å²) in [5.41, 5.74) is 1.84. The summed E-state index contributed by atoms with van der Waals surface area (Å²) in [6.07, 6.45) is 0. The Balaban J connectivity index is 1.69. The van der Waals surface area contributed by atoms with Gasteiger partial charge in [0.15, 0.2) is 5.16 Å². The highest BCUT2D eigenvalue weighted by atomic mass is 35.5. The van der Waals surface area contributed by atoms with E-state index in [4.69, 9.17) is 11.6 Å². The Morgan fingerprint density at radius 3 is 2.77 bits per heavy atom. The van der Waals surface area contributed by atoms with Crippen molar-refractivity contribution in [2.24, 2.45) is 0 Å². The molecule has 0 aliphatic carbocycles. The molecular weight excluding hydrogens is 450 g/mol. The van der Waals surface area contributed by atoms with Crippen LogP contribution in [0, 0.1) is 6.92 Å². The van der Waals surface area contributed by atoms with Gasteiger partial charge < -0.3 is 5.32 Å². The van der Waals surface area contributed by atoms with E-state index in [0.717, 1.165) is 10.4 Å². The van der Waals surface area contributed by atoms with Gasteiger partial charge in [-0.25, -0.2) is 4.98 Å². The summed E-state index contributed by atoms with van der Waals surface area (Å²) < 4.78 is 1.55. The fourth-order valence-electron chi connectivity index (χ4n) is 3.28. The van der Waals surface area contributed by atoms with Crippen molar-refractivity contribution in [3.05, 3.63) is 85.8 Å². The van der Waals surface area contributed by atoms with Gasteiger partial charge in [-0.05, 0) is 55.1 Å². The molecule has 4 aromatic rings. The fourth-order valence-corrected chi connectivity index (χ4v) is 5.00. The summed E-state index contributed by atoms with van der Waals surface area (Å²) in [5.74, 6) is 0.0165. The lowest BCUT2D eigenvalue weighted by Gasteiger charge is -2.16. The molecule has 1 N–H and O–H groups in total. The first-order chi connectivity index (χ1) is 15.0. The molecule has 1 atom stereocenters. The molecule has 158 valence electrons. The zero-order valence-corrected chi connectivity index (χ0v) is 19.4. The second-order valence-electron chi connectivity index (χ2n) is 7.03. The first kappa shape index (κ1) is 21.6. The molecule has 0 fully saturated rings. The SMILES string of the molecule is Cc1c(Cl)cccc1-n1c(SCC(=O)NC(C)c2cccs2)nc2ccccc2c1=O. The molecule has 2 heterocycles. The van der Waals surface area contributed by atoms with Crippen LogP contribution >= 0.6 is 34.7 Å². The van der Waals surface area contributed by atoms with Gasteiger partial charge >= 0.3 is 0 Å². The second kappa shape index (κ2) is 9.26. The number of amides is 1. The minimum atomic E-state index is -0.189. The molecule has 0 saturated heterocycles. The number of para-hydroxylation sites is 1. The number of carbonyl (C=O) groups is 1. The summed E-state index contributed by atoms with van der Waals surface area (Å²) in [6.45, 7) is 3.82. The van der Waals surface area contributed by atoms with Crippen LogP contribution in [0.2, 0.25) is 5.02 Å². The van der Waals surface area contributed by atoms with Gasteiger partial charge in [-0.1, -0.05) is 47.6 Å². The number of benzene rings is 2. The minimum Gasteiger partial charge on any atom is -0.348 e. The highest BCUT2D eigenvalue weighted by molar-refractivity contribution is 7.99. The highest BCUT2D eigenvalue weighted by Crippen LogP contribution is 2.27. The number of nitrogens with zero attached hydrogens (tertiary/aromatic N) is 2. The van der Waals surface area contributed by atoms with Crippen molar-refractivity contribution >= 4 is 51.5 Å². The number of hydrogen-bond donors (Lipinski definition) is 1. The van der Waals surface area contributed by atoms with Crippen LogP contribution in [-0.4, -0.2) is 21.2 Å². The maximum Gasteiger partial charge on any atom is 0.266 e. The van der Waals surface area contributed by atoms with Crippen LogP contribution in [0.15, 0.2) is 69.9 Å². The monoisotopic (exact) mass is 469 g/mol. The fraction of sp³-hybridized carbons (Fsp3) is 0.174. The lowest BCUT2D eigenvalue weighted by Crippen LogP contribution is -2.28. The standard InChI is InChI=1S/C23H20ClN3O2S2/c1-14-17(24)8-5-10-19(14)27-22(29)16-7-3-4-9-18(16)26-23(27)31-13-21(28)25-15(2)20-11-6-12-30-20/h3-12,15H,13H2,1-2H3,(H,25,28). The molecule has 0 aliphatic rings. The van der Waals surface area contributed by atoms with Crippen LogP contribution in [-0.2, 0) is 4.79 Å². The molecule has 31 heavy (non-hydrogen) atoms. The quantitative estimate of drug-likeness (QED) is 0.304. The van der Waals surface area contributed by atoms with Gasteiger partial charge in [0.1, 0.15) is 0 Å². The molecule has 0 bridgehead atoms. The van der Waals surface area contributed by atoms with Crippen molar-refractivity contribution in [2.45, 2.75) is 25.0 Å². The van der Waals surface area contributed by atoms with Crippen LogP contribution < -0.4 is 10.9 Å². The Hall–Kier alpha value is -2.61. The number of thiophene rings is 1. The third-order valence-corrected chi connectivity index (χ3v) is 7.31. The average Bonchev–Trinajstić information content (AvgIpc) is 3.30. The van der Waals surface area contributed by atoms with E-state index in [9.17, 15) is 9.59 Å². The largest absolute Gasteiger partial charge is 0.348 e. The molecule has 5 nitrogen and oxygen atoms in total. The van der Waals surface area contributed by atoms with Gasteiger partial charge in [0.2, 0.25) is 5.91 Å². The lowest BCUT2D eigenvalue weighted by molar-refractivity contribution is -0.119. The molecule has 0 saturated carbocycles. The molecule has 8 heteroatoms. The molecule has 2 aromatic carbocycles. The Morgan fingerprint density at radius 2 is 2.00 bits per heavy atom. The number of hydrogen-bond acceptors (Lipinski definition) is 5. The van der Waals surface area contributed by atoms with E-state index in [0.29, 0.717) is 26.8 Å². The van der Waals surface area contributed by atoms with Crippen molar-refractivity contribution < 1.29 is 4.79 Å². The van der Waals surface area contributed by atoms with Gasteiger partial charge in [0.05, 0.1) is 28.4 Å². The number of aromatic nitrogens is 2. The molecule has 0 radical (unpaired) electrons. The summed E-state index contributed by atoms with van der Waals surface area (Å²) in [4.78, 5) is 31.7. The zero-order chi connectivity index (χ0) is 22.0. The Morgan fingerprint density at radius 1 is 1.19 bits per heavy atom. The van der Waals surface area contributed by atoms with E-state index in [-0.39, 0.29) is 23.3 Å². The minimum absolute atomic E-state index is 0.0740. The predicted octanol–water partition coefficient (Wildman–Crippen LogP) is 5.38. The number of halogens is 1. The molecule has 0 aliphatic heterocycles. The van der Waals surface area contributed by atoms with E-state index in [2.05, 4.69) is 10.3 Å². The maximum atomic E-state index is 13.4. The summed E-state index contributed by atoms with van der Waals surface area (Å²) in [7, 11) is 0. The lowest BCUT2D eigenvalue weighted by atomic mass is 10.2. The van der Waals surface area contributed by atoms with Gasteiger partial charge in [-0.15, -0.1) is 11.3 Å². The number of nitrogens with one attached hydrogen (secondary N) is 1. The predicted molar refractivity (Wildman–Crippen MR) is 129 cm³/mol. The second-order valence-corrected chi connectivity index (χ2v) is 9.36. The van der Waals surface area contributed by atoms with E-state index < -0.39 is 0 Å². The van der Waals surface area contributed by atoms with Crippen molar-refractivity contribution in [1.82, 2.24) is 14.9 Å². The zero-order valence-electron chi connectivity index (χ0n) is 17.0. The first-order valence-electron chi connectivity index (χ1n) is 9.68. The van der Waals surface area contributed by atoms with Crippen molar-refractivity contribution in [2.75, 3.05) is 5.75 Å². The van der Waals surface area contributed by atoms with E-state index >= 15 is 0 Å². The molecule has 1 amide bonds. The van der Waals surface area contributed by atoms with E-state index in [1.54, 1.807) is 40.2 Å². The van der Waals surface area contributed by atoms with Gasteiger partial charge in [0, 0.05) is 9.90 Å². The first-order valence-corrected chi connectivity index (χ1v) is 11.9. The van der Waals surface area contributed by atoms with Crippen molar-refractivity contribution in [3.63, 3.8) is 0 Å². The topological polar surface area (TPSA) is 64.0 Å². The van der Waals surface area contributed by atoms with Crippen molar-refractivity contribution in [3.8, 4) is 5.69 Å². The maximum absolute atomic E-state index is 13.4. The van der Waals surface area contributed by atoms with Crippen LogP contribution in [0.25, 0.3) is 16.6 Å². The molecule has 0 spiro atoms. The van der Waals surface area contributed by atoms with Crippen LogP contribution in [0.5, 0.6) is 0 Å². The normalized spacial score (nSPS) is 12.1. The summed E-state index contributed by atoms with van der Waals surface area (Å²) in [5, 5.41) is 6.52. The molecule has 2 aromatic heterocycles. The molecular formula is C23H20ClN3O2S2. The third kappa shape index (κ3) is 4.54. The number of thioether (sulfide) groups is 1. The molecule has 1 unspecified atom stereocenters. The Labute approximate surface area is 193 Å². The number of fused-ring (bicyclic) bond motifs is 1. The Bertz CT molecular complexity index is 1300. The summed E-state index contributed by atoms with van der Waals surface area (Å²) in [6, 6.07) is 16.5. The van der Waals surface area contributed by atoms with Crippen LogP contribution in [0.1, 0.15) is 23.4 Å². The van der Waals surface area contributed by atoms with Crippen LogP contribution in [0.4, 0.5) is 0 Å².